The molecule has 0 saturated carbocycles. The van der Waals surface area contributed by atoms with Gasteiger partial charge in [0.05, 0.1) is 0 Å². The van der Waals surface area contributed by atoms with E-state index < -0.39 is 44.7 Å². The van der Waals surface area contributed by atoms with E-state index in [4.69, 9.17) is 14.5 Å². The van der Waals surface area contributed by atoms with Crippen LogP contribution in [0.4, 0.5) is 4.79 Å². The number of amides is 3. The maximum absolute atomic E-state index is 12.5. The molecule has 16 heteroatoms. The molecule has 0 radical (unpaired) electrons. The number of hydroxylamine groups is 2. The van der Waals surface area contributed by atoms with E-state index in [-0.39, 0.29) is 26.1 Å². The summed E-state index contributed by atoms with van der Waals surface area (Å²) in [6.07, 6.45) is 0.422. The molecule has 28 heavy (non-hydrogen) atoms. The predicted molar refractivity (Wildman–Crippen MR) is 94.6 cm³/mol. The molecule has 1 aliphatic heterocycles. The molecule has 164 valence electrons. The molecule has 0 aromatic rings. The molecule has 0 aliphatic carbocycles. The van der Waals surface area contributed by atoms with E-state index in [1.54, 1.807) is 13.8 Å². The molecule has 1 saturated heterocycles. The summed E-state index contributed by atoms with van der Waals surface area (Å²) in [5, 5.41) is 5.03. The van der Waals surface area contributed by atoms with Crippen molar-refractivity contribution in [3.8, 4) is 0 Å². The van der Waals surface area contributed by atoms with Crippen LogP contribution in [0, 0.1) is 0 Å². The van der Waals surface area contributed by atoms with Crippen LogP contribution in [-0.2, 0) is 34.5 Å². The average Bonchev–Trinajstić information content (AvgIpc) is 3.06. The van der Waals surface area contributed by atoms with Gasteiger partial charge in [0.1, 0.15) is 12.1 Å². The Bertz CT molecular complexity index is 757. The van der Waals surface area contributed by atoms with Gasteiger partial charge in [-0.2, -0.15) is 26.6 Å². The maximum atomic E-state index is 12.5. The lowest BCUT2D eigenvalue weighted by Crippen LogP contribution is -2.53. The van der Waals surface area contributed by atoms with Gasteiger partial charge in [-0.3, -0.25) is 14.2 Å². The molecule has 1 unspecified atom stereocenters. The van der Waals surface area contributed by atoms with E-state index in [2.05, 4.69) is 9.76 Å². The highest BCUT2D eigenvalue weighted by molar-refractivity contribution is 7.86. The van der Waals surface area contributed by atoms with Crippen LogP contribution < -0.4 is 16.1 Å². The Morgan fingerprint density at radius 3 is 2.39 bits per heavy atom. The van der Waals surface area contributed by atoms with Crippen molar-refractivity contribution >= 4 is 32.5 Å². The van der Waals surface area contributed by atoms with Crippen LogP contribution in [-0.4, -0.2) is 74.3 Å². The third-order valence-electron chi connectivity index (χ3n) is 3.87. The van der Waals surface area contributed by atoms with Crippen LogP contribution in [0.15, 0.2) is 0 Å². The van der Waals surface area contributed by atoms with Crippen LogP contribution in [0.2, 0.25) is 0 Å². The van der Waals surface area contributed by atoms with Crippen LogP contribution >= 0.6 is 0 Å². The number of likely N-dealkylation sites (N-methyl/N-ethyl adjacent to an activating group) is 1. The highest BCUT2D eigenvalue weighted by Crippen LogP contribution is 2.14. The minimum atomic E-state index is -4.91. The van der Waals surface area contributed by atoms with Gasteiger partial charge in [-0.05, 0) is 19.8 Å². The van der Waals surface area contributed by atoms with Gasteiger partial charge in [0.2, 0.25) is 0 Å². The van der Waals surface area contributed by atoms with E-state index in [1.165, 1.54) is 5.48 Å². The monoisotopic (exact) mass is 447 g/mol. The van der Waals surface area contributed by atoms with Crippen molar-refractivity contribution < 1.29 is 40.1 Å². The first kappa shape index (κ1) is 24.5. The zero-order chi connectivity index (χ0) is 21.5. The first-order chi connectivity index (χ1) is 12.9. The van der Waals surface area contributed by atoms with Crippen molar-refractivity contribution in [3.63, 3.8) is 0 Å². The third kappa shape index (κ3) is 7.82. The van der Waals surface area contributed by atoms with Crippen LogP contribution in [0.3, 0.4) is 0 Å². The van der Waals surface area contributed by atoms with Gasteiger partial charge in [-0.1, -0.05) is 13.3 Å². The first-order valence-corrected chi connectivity index (χ1v) is 11.2. The van der Waals surface area contributed by atoms with E-state index in [9.17, 15) is 26.4 Å². The second kappa shape index (κ2) is 10.3. The molecule has 0 bridgehead atoms. The first-order valence-electron chi connectivity index (χ1n) is 8.34. The summed E-state index contributed by atoms with van der Waals surface area (Å²) in [6.45, 7) is 3.45. The SMILES string of the molecule is CCC[C@@H](C(=O)NOC1CCN(S(N)(=O)=O)C1)N(CC)C(=O)NOS(=O)(=O)O. The summed E-state index contributed by atoms with van der Waals surface area (Å²) < 4.78 is 57.0. The minimum Gasteiger partial charge on any atom is -0.311 e. The van der Waals surface area contributed by atoms with Crippen LogP contribution in [0.25, 0.3) is 0 Å². The lowest BCUT2D eigenvalue weighted by molar-refractivity contribution is -0.142. The van der Waals surface area contributed by atoms with Crippen LogP contribution in [0.1, 0.15) is 33.1 Å². The predicted octanol–water partition coefficient (Wildman–Crippen LogP) is -1.75. The summed E-state index contributed by atoms with van der Waals surface area (Å²) in [6, 6.07) is -2.09. The van der Waals surface area contributed by atoms with Crippen molar-refractivity contribution in [2.75, 3.05) is 19.6 Å². The normalized spacial score (nSPS) is 19.2. The summed E-state index contributed by atoms with van der Waals surface area (Å²) in [5.41, 5.74) is 3.72. The summed E-state index contributed by atoms with van der Waals surface area (Å²) >= 11 is 0. The number of carbonyl (C=O) groups is 2. The highest BCUT2D eigenvalue weighted by Gasteiger charge is 2.33. The molecule has 1 fully saturated rings. The largest absolute Gasteiger partial charge is 0.418 e. The average molecular weight is 447 g/mol. The number of nitrogens with zero attached hydrogens (tertiary/aromatic N) is 2. The smallest absolute Gasteiger partial charge is 0.311 e. The highest BCUT2D eigenvalue weighted by atomic mass is 32.3. The topological polar surface area (TPSA) is 198 Å². The van der Waals surface area contributed by atoms with Gasteiger partial charge in [0.25, 0.3) is 16.1 Å². The Kier molecular flexibility index (Phi) is 8.99. The summed E-state index contributed by atoms with van der Waals surface area (Å²) in [7, 11) is -8.76. The zero-order valence-corrected chi connectivity index (χ0v) is 17.0. The van der Waals surface area contributed by atoms with Gasteiger partial charge < -0.3 is 4.90 Å². The lowest BCUT2D eigenvalue weighted by Gasteiger charge is -2.29. The van der Waals surface area contributed by atoms with E-state index in [0.717, 1.165) is 9.21 Å². The number of nitrogens with one attached hydrogen (secondary N) is 2. The molecule has 1 aliphatic rings. The van der Waals surface area contributed by atoms with Crippen molar-refractivity contribution in [3.05, 3.63) is 0 Å². The quantitative estimate of drug-likeness (QED) is 0.221. The molecular weight excluding hydrogens is 422 g/mol. The fraction of sp³-hybridized carbons (Fsp3) is 0.833. The number of carbonyl (C=O) groups excluding carboxylic acids is 2. The molecule has 0 aromatic heterocycles. The Morgan fingerprint density at radius 2 is 1.93 bits per heavy atom. The molecule has 1 rings (SSSR count). The molecule has 14 nitrogen and oxygen atoms in total. The van der Waals surface area contributed by atoms with Gasteiger partial charge in [0.15, 0.2) is 0 Å². The Morgan fingerprint density at radius 1 is 1.29 bits per heavy atom. The minimum absolute atomic E-state index is 0.0153. The fourth-order valence-corrected chi connectivity index (χ4v) is 3.50. The number of nitrogens with two attached hydrogens (primary N) is 1. The molecule has 1 heterocycles. The van der Waals surface area contributed by atoms with E-state index >= 15 is 0 Å². The molecular formula is C12H25N5O9S2. The lowest BCUT2D eigenvalue weighted by atomic mass is 10.1. The number of urea groups is 1. The molecule has 0 aromatic carbocycles. The van der Waals surface area contributed by atoms with Gasteiger partial charge in [-0.25, -0.2) is 15.4 Å². The molecule has 5 N–H and O–H groups in total. The van der Waals surface area contributed by atoms with E-state index in [1.807, 2.05) is 0 Å². The van der Waals surface area contributed by atoms with Gasteiger partial charge in [-0.15, -0.1) is 4.28 Å². The second-order valence-electron chi connectivity index (χ2n) is 5.91. The standard InChI is InChI=1S/C12H25N5O9S2/c1-3-5-10(17(4-2)12(19)15-26-28(22,23)24)11(18)14-25-9-6-7-16(8-9)27(13,20)21/h9-10H,3-8H2,1-2H3,(H,14,18)(H,15,19)(H2,13,20,21)(H,22,23,24)/t9?,10-/m0/s1. The molecule has 0 spiro atoms. The van der Waals surface area contributed by atoms with Crippen molar-refractivity contribution in [1.82, 2.24) is 20.2 Å². The Labute approximate surface area is 163 Å². The van der Waals surface area contributed by atoms with E-state index in [0.29, 0.717) is 12.8 Å². The van der Waals surface area contributed by atoms with Gasteiger partial charge in [0, 0.05) is 19.6 Å². The van der Waals surface area contributed by atoms with Crippen molar-refractivity contribution in [1.29, 1.82) is 0 Å². The summed E-state index contributed by atoms with van der Waals surface area (Å²) in [4.78, 5) is 30.7. The molecule has 3 amide bonds. The van der Waals surface area contributed by atoms with Crippen molar-refractivity contribution in [2.24, 2.45) is 5.14 Å². The Balaban J connectivity index is 2.69. The number of hydrogen-bond donors (Lipinski definition) is 4. The molecule has 2 atom stereocenters. The van der Waals surface area contributed by atoms with Crippen molar-refractivity contribution in [2.45, 2.75) is 45.3 Å². The second-order valence-corrected chi connectivity index (χ2v) is 8.48. The van der Waals surface area contributed by atoms with Crippen LogP contribution in [0.5, 0.6) is 0 Å². The third-order valence-corrected chi connectivity index (χ3v) is 5.22. The summed E-state index contributed by atoms with van der Waals surface area (Å²) in [5.74, 6) is -0.695. The number of hydrogen-bond acceptors (Lipinski definition) is 8. The maximum Gasteiger partial charge on any atom is 0.418 e. The number of rotatable bonds is 10. The Hall–Kier alpha value is -1.56. The fourth-order valence-electron chi connectivity index (χ4n) is 2.59. The van der Waals surface area contributed by atoms with Gasteiger partial charge >= 0.3 is 16.4 Å². The zero-order valence-electron chi connectivity index (χ0n) is 15.4.